The third-order valence-corrected chi connectivity index (χ3v) is 7.47. The predicted molar refractivity (Wildman–Crippen MR) is 136 cm³/mol. The van der Waals surface area contributed by atoms with Crippen molar-refractivity contribution in [1.82, 2.24) is 0 Å². The average molecular weight is 480 g/mol. The molecular weight excluding hydrogens is 450 g/mol. The first-order valence-corrected chi connectivity index (χ1v) is 12.5. The van der Waals surface area contributed by atoms with Crippen molar-refractivity contribution in [2.75, 3.05) is 26.2 Å². The number of benzene rings is 3. The number of para-hydroxylation sites is 1. The van der Waals surface area contributed by atoms with E-state index in [9.17, 15) is 14.9 Å². The Kier molecular flexibility index (Phi) is 6.84. The Morgan fingerprint density at radius 1 is 0.972 bits per heavy atom. The summed E-state index contributed by atoms with van der Waals surface area (Å²) < 4.78 is 6.78. The molecule has 3 aromatic rings. The number of rotatable bonds is 8. The van der Waals surface area contributed by atoms with Crippen molar-refractivity contribution < 1.29 is 18.8 Å². The summed E-state index contributed by atoms with van der Waals surface area (Å²) >= 11 is 0. The highest BCUT2D eigenvalue weighted by atomic mass is 16.5. The number of piperidine rings is 3. The second-order valence-electron chi connectivity index (χ2n) is 9.84. The molecule has 0 unspecified atom stereocenters. The van der Waals surface area contributed by atoms with Crippen molar-refractivity contribution in [2.45, 2.75) is 25.0 Å². The molecule has 36 heavy (non-hydrogen) atoms. The number of hydrogen-bond acceptors (Lipinski definition) is 4. The minimum atomic E-state index is -0.743. The SMILES string of the molecule is N#Cc1cccc(C(=O)C[N+]23CCC(CC2)[C@@H](OC(=O)[C@H]([N-]c2ccccc2)c2ccccc2)C3)c1. The molecule has 0 N–H and O–H groups in total. The van der Waals surface area contributed by atoms with Gasteiger partial charge < -0.3 is 14.5 Å². The lowest BCUT2D eigenvalue weighted by Crippen LogP contribution is -2.65. The molecule has 0 amide bonds. The second kappa shape index (κ2) is 10.3. The summed E-state index contributed by atoms with van der Waals surface area (Å²) in [5.74, 6) is -0.0205. The van der Waals surface area contributed by atoms with Crippen LogP contribution in [0.4, 0.5) is 5.69 Å². The molecular formula is C30H29N3O3. The molecule has 3 aromatic carbocycles. The van der Waals surface area contributed by atoms with E-state index in [4.69, 9.17) is 10.1 Å². The molecule has 6 nitrogen and oxygen atoms in total. The van der Waals surface area contributed by atoms with Gasteiger partial charge in [-0.1, -0.05) is 78.4 Å². The van der Waals surface area contributed by atoms with Gasteiger partial charge in [-0.25, -0.2) is 0 Å². The maximum Gasteiger partial charge on any atom is 0.295 e. The molecule has 3 aliphatic rings. The number of esters is 1. The van der Waals surface area contributed by atoms with Gasteiger partial charge in [0, 0.05) is 30.4 Å². The van der Waals surface area contributed by atoms with E-state index in [1.54, 1.807) is 24.3 Å². The van der Waals surface area contributed by atoms with Gasteiger partial charge in [0.2, 0.25) is 5.78 Å². The van der Waals surface area contributed by atoms with Gasteiger partial charge in [-0.2, -0.15) is 5.26 Å². The van der Waals surface area contributed by atoms with Gasteiger partial charge in [0.05, 0.1) is 24.7 Å². The van der Waals surface area contributed by atoms with E-state index in [0.29, 0.717) is 34.6 Å². The van der Waals surface area contributed by atoms with Crippen LogP contribution in [0.25, 0.3) is 5.32 Å². The van der Waals surface area contributed by atoms with Crippen molar-refractivity contribution in [3.8, 4) is 6.07 Å². The van der Waals surface area contributed by atoms with Crippen molar-refractivity contribution in [1.29, 1.82) is 5.26 Å². The zero-order valence-electron chi connectivity index (χ0n) is 20.1. The molecule has 0 spiro atoms. The Balaban J connectivity index is 1.31. The molecule has 3 fully saturated rings. The maximum absolute atomic E-state index is 13.5. The molecule has 0 radical (unpaired) electrons. The number of fused-ring (bicyclic) bond motifs is 3. The lowest BCUT2D eigenvalue weighted by molar-refractivity contribution is -0.938. The number of quaternary nitrogens is 1. The Hall–Kier alpha value is -3.95. The largest absolute Gasteiger partial charge is 0.669 e. The number of hydrogen-bond donors (Lipinski definition) is 0. The van der Waals surface area contributed by atoms with Gasteiger partial charge in [-0.15, -0.1) is 5.69 Å². The number of ketones is 1. The van der Waals surface area contributed by atoms with Crippen molar-refractivity contribution in [3.05, 3.63) is 107 Å². The lowest BCUT2D eigenvalue weighted by Gasteiger charge is -2.52. The van der Waals surface area contributed by atoms with Gasteiger partial charge in [0.15, 0.2) is 6.10 Å². The Labute approximate surface area is 211 Å². The van der Waals surface area contributed by atoms with Crippen LogP contribution < -0.4 is 0 Å². The number of ether oxygens (including phenoxy) is 1. The first kappa shape index (κ1) is 23.8. The standard InChI is InChI=1S/C30H29N3O3/c31-19-22-8-7-11-25(18-22)27(34)20-33-16-14-23(15-17-33)28(21-33)36-30(35)29(24-9-3-1-4-10-24)32-26-12-5-2-6-13-26/h1-13,18,23,28-29H,14-17,20-21H2/t23?,28-,29+,33?/m0/s1. The molecule has 6 heteroatoms. The highest BCUT2D eigenvalue weighted by Gasteiger charge is 2.48. The maximum atomic E-state index is 13.5. The summed E-state index contributed by atoms with van der Waals surface area (Å²) in [5, 5.41) is 13.9. The van der Waals surface area contributed by atoms with Crippen LogP contribution in [0.5, 0.6) is 0 Å². The number of nitriles is 1. The zero-order valence-corrected chi connectivity index (χ0v) is 20.1. The van der Waals surface area contributed by atoms with Gasteiger partial charge >= 0.3 is 0 Å². The van der Waals surface area contributed by atoms with E-state index in [1.807, 2.05) is 60.7 Å². The fraction of sp³-hybridized carbons (Fsp3) is 0.300. The topological polar surface area (TPSA) is 81.3 Å². The van der Waals surface area contributed by atoms with Crippen LogP contribution in [0.3, 0.4) is 0 Å². The van der Waals surface area contributed by atoms with Crippen LogP contribution in [0.2, 0.25) is 0 Å². The predicted octanol–water partition coefficient (Wildman–Crippen LogP) is 5.34. The second-order valence-corrected chi connectivity index (χ2v) is 9.84. The van der Waals surface area contributed by atoms with Gasteiger partial charge in [-0.05, 0) is 12.1 Å². The van der Waals surface area contributed by atoms with E-state index < -0.39 is 6.04 Å². The van der Waals surface area contributed by atoms with Gasteiger partial charge in [-0.3, -0.25) is 9.59 Å². The first-order valence-electron chi connectivity index (χ1n) is 12.5. The average Bonchev–Trinajstić information content (AvgIpc) is 2.93. The van der Waals surface area contributed by atoms with Crippen LogP contribution in [0, 0.1) is 17.2 Å². The summed E-state index contributed by atoms with van der Waals surface area (Å²) in [7, 11) is 0. The molecule has 0 aliphatic carbocycles. The monoisotopic (exact) mass is 479 g/mol. The quantitative estimate of drug-likeness (QED) is 0.248. The smallest absolute Gasteiger partial charge is 0.295 e. The molecule has 3 heterocycles. The third kappa shape index (κ3) is 5.17. The van der Waals surface area contributed by atoms with E-state index in [0.717, 1.165) is 37.2 Å². The highest BCUT2D eigenvalue weighted by Crippen LogP contribution is 2.38. The van der Waals surface area contributed by atoms with Gasteiger partial charge in [0.1, 0.15) is 13.1 Å². The molecule has 3 saturated heterocycles. The summed E-state index contributed by atoms with van der Waals surface area (Å²) in [6, 6.07) is 27.2. The zero-order chi connectivity index (χ0) is 25.0. The fourth-order valence-electron chi connectivity index (χ4n) is 5.51. The normalized spacial score (nSPS) is 23.3. The van der Waals surface area contributed by atoms with E-state index >= 15 is 0 Å². The lowest BCUT2D eigenvalue weighted by atomic mass is 9.82. The molecule has 2 bridgehead atoms. The van der Waals surface area contributed by atoms with Crippen LogP contribution in [-0.4, -0.2) is 48.5 Å². The van der Waals surface area contributed by atoms with Crippen LogP contribution in [0.1, 0.15) is 40.4 Å². The summed E-state index contributed by atoms with van der Waals surface area (Å²) in [5.41, 5.74) is 2.57. The number of Topliss-reactive ketones (excluding diaryl/α,β-unsaturated/α-hetero) is 1. The minimum Gasteiger partial charge on any atom is -0.669 e. The molecule has 0 saturated carbocycles. The third-order valence-electron chi connectivity index (χ3n) is 7.47. The van der Waals surface area contributed by atoms with E-state index in [1.165, 1.54) is 0 Å². The highest BCUT2D eigenvalue weighted by molar-refractivity contribution is 5.97. The molecule has 3 aliphatic heterocycles. The van der Waals surface area contributed by atoms with E-state index in [-0.39, 0.29) is 17.9 Å². The van der Waals surface area contributed by atoms with Crippen LogP contribution in [0.15, 0.2) is 84.9 Å². The minimum absolute atomic E-state index is 0.0266. The molecule has 182 valence electrons. The fourth-order valence-corrected chi connectivity index (χ4v) is 5.51. The van der Waals surface area contributed by atoms with Crippen LogP contribution in [-0.2, 0) is 9.53 Å². The molecule has 6 rings (SSSR count). The Morgan fingerprint density at radius 3 is 2.36 bits per heavy atom. The first-order chi connectivity index (χ1) is 17.5. The summed E-state index contributed by atoms with van der Waals surface area (Å²) in [6.45, 7) is 2.79. The van der Waals surface area contributed by atoms with Crippen molar-refractivity contribution in [3.63, 3.8) is 0 Å². The summed E-state index contributed by atoms with van der Waals surface area (Å²) in [4.78, 5) is 26.6. The Morgan fingerprint density at radius 2 is 1.67 bits per heavy atom. The van der Waals surface area contributed by atoms with Crippen LogP contribution >= 0.6 is 0 Å². The number of carbonyl (C=O) groups excluding carboxylic acids is 2. The number of carbonyl (C=O) groups is 2. The van der Waals surface area contributed by atoms with E-state index in [2.05, 4.69) is 6.07 Å². The van der Waals surface area contributed by atoms with Gasteiger partial charge in [0.25, 0.3) is 5.97 Å². The Bertz CT molecular complexity index is 1260. The van der Waals surface area contributed by atoms with Crippen molar-refractivity contribution in [2.24, 2.45) is 5.92 Å². The van der Waals surface area contributed by atoms with Crippen molar-refractivity contribution >= 4 is 17.4 Å². The summed E-state index contributed by atoms with van der Waals surface area (Å²) in [6.07, 6.45) is 1.61. The molecule has 0 aromatic heterocycles. The number of nitrogens with zero attached hydrogens (tertiary/aromatic N) is 3. The molecule has 2 atom stereocenters.